The Morgan fingerprint density at radius 1 is 0.607 bits per heavy atom. The van der Waals surface area contributed by atoms with E-state index in [0.717, 1.165) is 38.5 Å². The molecule has 0 bridgehead atoms. The van der Waals surface area contributed by atoms with Gasteiger partial charge >= 0.3 is 0 Å². The molecule has 9 heteroatoms. The lowest BCUT2D eigenvalue weighted by molar-refractivity contribution is -0.870. The first-order chi connectivity index (χ1) is 27.0. The molecule has 0 aliphatic heterocycles. The normalized spacial score (nSPS) is 14.5. The van der Waals surface area contributed by atoms with Gasteiger partial charge in [-0.2, -0.15) is 0 Å². The fourth-order valence-electron chi connectivity index (χ4n) is 6.87. The Morgan fingerprint density at radius 3 is 1.45 bits per heavy atom. The van der Waals surface area contributed by atoms with Crippen LogP contribution in [0.4, 0.5) is 0 Å². The molecule has 0 aromatic rings. The van der Waals surface area contributed by atoms with Crippen molar-refractivity contribution in [1.29, 1.82) is 0 Å². The first-order valence-electron chi connectivity index (χ1n) is 23.7. The molecule has 56 heavy (non-hydrogen) atoms. The molecule has 3 atom stereocenters. The number of carbonyl (C=O) groups excluding carboxylic acids is 1. The number of nitrogens with zero attached hydrogens (tertiary/aromatic N) is 1. The SMILES string of the molecule is CCCCCCCCCCC/C=C/CC/C=C/[C@@H](O)[C@H](COP(=O)([O-])OCC[N+](C)(C)C)NC(=O)CCCCCCCCCCCCCCCCCCCCC. The Kier molecular flexibility index (Phi) is 38.7. The Hall–Kier alpha value is -1.02. The molecule has 0 fully saturated rings. The summed E-state index contributed by atoms with van der Waals surface area (Å²) in [5.41, 5.74) is 0. The summed E-state index contributed by atoms with van der Waals surface area (Å²) in [4.78, 5) is 25.3. The molecule has 0 spiro atoms. The Labute approximate surface area is 347 Å². The number of phosphoric acid groups is 1. The maximum atomic E-state index is 12.9. The highest BCUT2D eigenvalue weighted by Crippen LogP contribution is 2.38. The van der Waals surface area contributed by atoms with Crippen LogP contribution < -0.4 is 10.2 Å². The third kappa shape index (κ3) is 41.2. The number of aliphatic hydroxyl groups excluding tert-OH is 1. The van der Waals surface area contributed by atoms with Gasteiger partial charge in [0, 0.05) is 6.42 Å². The van der Waals surface area contributed by atoms with Gasteiger partial charge in [0.05, 0.1) is 39.9 Å². The topological polar surface area (TPSA) is 108 Å². The first-order valence-corrected chi connectivity index (χ1v) is 25.2. The van der Waals surface area contributed by atoms with E-state index in [1.807, 2.05) is 27.2 Å². The maximum absolute atomic E-state index is 12.9. The second-order valence-corrected chi connectivity index (χ2v) is 18.9. The Bertz CT molecular complexity index is 969. The van der Waals surface area contributed by atoms with E-state index in [0.29, 0.717) is 17.4 Å². The molecule has 8 nitrogen and oxygen atoms in total. The van der Waals surface area contributed by atoms with E-state index in [4.69, 9.17) is 9.05 Å². The molecule has 1 amide bonds. The van der Waals surface area contributed by atoms with Gasteiger partial charge in [0.2, 0.25) is 5.91 Å². The summed E-state index contributed by atoms with van der Waals surface area (Å²) in [6.45, 7) is 4.64. The zero-order valence-corrected chi connectivity index (χ0v) is 38.5. The van der Waals surface area contributed by atoms with E-state index in [1.165, 1.54) is 161 Å². The number of aliphatic hydroxyl groups is 1. The van der Waals surface area contributed by atoms with Gasteiger partial charge in [0.1, 0.15) is 13.2 Å². The van der Waals surface area contributed by atoms with E-state index in [-0.39, 0.29) is 19.1 Å². The number of allylic oxidation sites excluding steroid dienone is 3. The van der Waals surface area contributed by atoms with Crippen molar-refractivity contribution in [2.75, 3.05) is 40.9 Å². The minimum absolute atomic E-state index is 0.00416. The number of rotatable bonds is 43. The lowest BCUT2D eigenvalue weighted by atomic mass is 10.0. The van der Waals surface area contributed by atoms with Crippen molar-refractivity contribution in [2.24, 2.45) is 0 Å². The highest BCUT2D eigenvalue weighted by atomic mass is 31.2. The number of nitrogens with one attached hydrogen (secondary N) is 1. The number of carbonyl (C=O) groups is 1. The minimum atomic E-state index is -4.59. The molecule has 0 aromatic carbocycles. The fourth-order valence-corrected chi connectivity index (χ4v) is 7.60. The van der Waals surface area contributed by atoms with Crippen molar-refractivity contribution < 1.29 is 32.9 Å². The predicted molar refractivity (Wildman–Crippen MR) is 238 cm³/mol. The van der Waals surface area contributed by atoms with Crippen molar-refractivity contribution in [1.82, 2.24) is 5.32 Å². The summed E-state index contributed by atoms with van der Waals surface area (Å²) in [5.74, 6) is -0.205. The van der Waals surface area contributed by atoms with Gasteiger partial charge in [-0.1, -0.05) is 205 Å². The van der Waals surface area contributed by atoms with E-state index in [9.17, 15) is 19.4 Å². The molecule has 0 aliphatic rings. The van der Waals surface area contributed by atoms with Crippen molar-refractivity contribution in [3.63, 3.8) is 0 Å². The van der Waals surface area contributed by atoms with Crippen LogP contribution in [0.25, 0.3) is 0 Å². The second-order valence-electron chi connectivity index (χ2n) is 17.5. The minimum Gasteiger partial charge on any atom is -0.756 e. The second kappa shape index (κ2) is 39.4. The lowest BCUT2D eigenvalue weighted by Crippen LogP contribution is -2.45. The lowest BCUT2D eigenvalue weighted by Gasteiger charge is -2.29. The molecule has 0 saturated heterocycles. The summed E-state index contributed by atoms with van der Waals surface area (Å²) in [6, 6.07) is -0.898. The van der Waals surface area contributed by atoms with Crippen LogP contribution in [0.1, 0.15) is 219 Å². The molecule has 0 saturated carbocycles. The van der Waals surface area contributed by atoms with Gasteiger partial charge in [0.15, 0.2) is 0 Å². The van der Waals surface area contributed by atoms with Crippen LogP contribution in [0.2, 0.25) is 0 Å². The molecule has 1 unspecified atom stereocenters. The molecular formula is C47H93N2O6P. The molecule has 2 N–H and O–H groups in total. The standard InChI is InChI=1S/C47H93N2O6P/c1-6-8-10-12-14-16-18-20-22-23-24-25-27-29-31-33-35-37-39-41-47(51)48-45(44-55-56(52,53)54-43-42-49(3,4)5)46(50)40-38-36-34-32-30-28-26-21-19-17-15-13-11-9-7-2/h30,32,38,40,45-46,50H,6-29,31,33-37,39,41-44H2,1-5H3,(H-,48,51,52,53)/b32-30+,40-38+/t45-,46+/m0/s1. The average Bonchev–Trinajstić information content (AvgIpc) is 3.15. The molecule has 0 aromatic heterocycles. The largest absolute Gasteiger partial charge is 0.756 e. The molecule has 0 rings (SSSR count). The van der Waals surface area contributed by atoms with Crippen molar-refractivity contribution >= 4 is 13.7 Å². The highest BCUT2D eigenvalue weighted by molar-refractivity contribution is 7.45. The zero-order chi connectivity index (χ0) is 41.4. The van der Waals surface area contributed by atoms with Crippen LogP contribution in [0.15, 0.2) is 24.3 Å². The quantitative estimate of drug-likeness (QED) is 0.0275. The monoisotopic (exact) mass is 813 g/mol. The predicted octanol–water partition coefficient (Wildman–Crippen LogP) is 12.7. The van der Waals surface area contributed by atoms with Gasteiger partial charge in [-0.05, 0) is 32.1 Å². The van der Waals surface area contributed by atoms with Gasteiger partial charge in [-0.25, -0.2) is 0 Å². The molecule has 0 heterocycles. The number of amides is 1. The number of hydrogen-bond donors (Lipinski definition) is 2. The van der Waals surface area contributed by atoms with Crippen molar-refractivity contribution in [2.45, 2.75) is 231 Å². The highest BCUT2D eigenvalue weighted by Gasteiger charge is 2.23. The van der Waals surface area contributed by atoms with E-state index in [1.54, 1.807) is 6.08 Å². The van der Waals surface area contributed by atoms with Crippen LogP contribution >= 0.6 is 7.82 Å². The molecular weight excluding hydrogens is 719 g/mol. The van der Waals surface area contributed by atoms with E-state index < -0.39 is 20.0 Å². The summed E-state index contributed by atoms with van der Waals surface area (Å²) < 4.78 is 23.2. The average molecular weight is 813 g/mol. The maximum Gasteiger partial charge on any atom is 0.268 e. The van der Waals surface area contributed by atoms with Gasteiger partial charge in [0.25, 0.3) is 7.82 Å². The Balaban J connectivity index is 4.37. The summed E-state index contributed by atoms with van der Waals surface area (Å²) in [7, 11) is 1.25. The molecule has 0 aliphatic carbocycles. The first kappa shape index (κ1) is 55.0. The van der Waals surface area contributed by atoms with E-state index >= 15 is 0 Å². The van der Waals surface area contributed by atoms with Crippen LogP contribution in [0, 0.1) is 0 Å². The number of phosphoric ester groups is 1. The molecule has 332 valence electrons. The van der Waals surface area contributed by atoms with Gasteiger partial charge < -0.3 is 28.8 Å². The van der Waals surface area contributed by atoms with Crippen molar-refractivity contribution in [3.8, 4) is 0 Å². The third-order valence-corrected chi connectivity index (χ3v) is 11.6. The van der Waals surface area contributed by atoms with E-state index in [2.05, 4.69) is 31.3 Å². The zero-order valence-electron chi connectivity index (χ0n) is 37.6. The summed E-state index contributed by atoms with van der Waals surface area (Å²) >= 11 is 0. The third-order valence-electron chi connectivity index (χ3n) is 10.7. The van der Waals surface area contributed by atoms with Gasteiger partial charge in [-0.3, -0.25) is 9.36 Å². The van der Waals surface area contributed by atoms with Crippen LogP contribution in [0.3, 0.4) is 0 Å². The molecule has 0 radical (unpaired) electrons. The number of hydrogen-bond acceptors (Lipinski definition) is 6. The number of unbranched alkanes of at least 4 members (excludes halogenated alkanes) is 28. The number of likely N-dealkylation sites (N-methyl/N-ethyl adjacent to an activating group) is 1. The van der Waals surface area contributed by atoms with Crippen LogP contribution in [0.5, 0.6) is 0 Å². The van der Waals surface area contributed by atoms with Crippen LogP contribution in [-0.2, 0) is 18.4 Å². The van der Waals surface area contributed by atoms with Crippen molar-refractivity contribution in [3.05, 3.63) is 24.3 Å². The Morgan fingerprint density at radius 2 is 1.00 bits per heavy atom. The summed E-state index contributed by atoms with van der Waals surface area (Å²) in [5, 5.41) is 13.8. The van der Waals surface area contributed by atoms with Gasteiger partial charge in [-0.15, -0.1) is 0 Å². The number of quaternary nitrogens is 1. The van der Waals surface area contributed by atoms with Crippen LogP contribution in [-0.4, -0.2) is 68.5 Å². The fraction of sp³-hybridized carbons (Fsp3) is 0.894. The summed E-state index contributed by atoms with van der Waals surface area (Å²) in [6.07, 6.45) is 46.6. The smallest absolute Gasteiger partial charge is 0.268 e.